The van der Waals surface area contributed by atoms with Crippen LogP contribution in [-0.2, 0) is 4.74 Å². The summed E-state index contributed by atoms with van der Waals surface area (Å²) < 4.78 is 11.8. The Hall–Kier alpha value is -1.26. The second kappa shape index (κ2) is 9.14. The Labute approximate surface area is 140 Å². The molecule has 2 aliphatic rings. The molecule has 0 aromatic heterocycles. The Morgan fingerprint density at radius 3 is 2.43 bits per heavy atom. The molecule has 0 radical (unpaired) electrons. The Balaban J connectivity index is 1.32. The lowest BCUT2D eigenvalue weighted by Gasteiger charge is -2.29. The molecule has 4 nitrogen and oxygen atoms in total. The maximum absolute atomic E-state index is 5.93. The highest BCUT2D eigenvalue weighted by molar-refractivity contribution is 5.49. The van der Waals surface area contributed by atoms with Crippen LogP contribution >= 0.6 is 0 Å². The molecule has 1 N–H and O–H groups in total. The lowest BCUT2D eigenvalue weighted by atomic mass is 9.98. The first-order valence-corrected chi connectivity index (χ1v) is 9.22. The van der Waals surface area contributed by atoms with Crippen molar-refractivity contribution in [2.75, 3.05) is 44.3 Å². The molecule has 1 aromatic rings. The molecule has 0 atom stereocenters. The Bertz CT molecular complexity index is 437. The van der Waals surface area contributed by atoms with Crippen LogP contribution in [0.1, 0.15) is 38.5 Å². The number of benzene rings is 1. The van der Waals surface area contributed by atoms with E-state index in [1.165, 1.54) is 37.8 Å². The molecular weight excluding hydrogens is 288 g/mol. The second-order valence-corrected chi connectivity index (χ2v) is 6.56. The zero-order chi connectivity index (χ0) is 15.7. The molecule has 3 rings (SSSR count). The molecule has 4 heteroatoms. The Morgan fingerprint density at radius 2 is 1.70 bits per heavy atom. The molecule has 1 saturated heterocycles. The number of anilines is 1. The molecule has 0 amide bonds. The summed E-state index contributed by atoms with van der Waals surface area (Å²) in [5.74, 6) is 0.960. The smallest absolute Gasteiger partial charge is 0.119 e. The summed E-state index contributed by atoms with van der Waals surface area (Å²) in [5.41, 5.74) is 1.29. The van der Waals surface area contributed by atoms with Crippen LogP contribution in [0.5, 0.6) is 5.75 Å². The highest BCUT2D eigenvalue weighted by Crippen LogP contribution is 2.21. The van der Waals surface area contributed by atoms with Crippen molar-refractivity contribution in [2.45, 2.75) is 44.6 Å². The molecule has 1 heterocycles. The van der Waals surface area contributed by atoms with Crippen LogP contribution in [0.15, 0.2) is 24.3 Å². The van der Waals surface area contributed by atoms with Crippen molar-refractivity contribution >= 4 is 5.69 Å². The van der Waals surface area contributed by atoms with E-state index in [1.54, 1.807) is 0 Å². The lowest BCUT2D eigenvalue weighted by Crippen LogP contribution is -2.43. The maximum Gasteiger partial charge on any atom is 0.119 e. The second-order valence-electron chi connectivity index (χ2n) is 6.56. The van der Waals surface area contributed by atoms with Crippen LogP contribution in [0, 0.1) is 0 Å². The number of ether oxygens (including phenoxy) is 2. The molecule has 1 aromatic carbocycles. The first-order valence-electron chi connectivity index (χ1n) is 9.22. The molecule has 1 saturated carbocycles. The molecule has 0 unspecified atom stereocenters. The SMILES string of the molecule is c1cc(N2CCNCC2)ccc1OCCCOC1CCCCC1. The fourth-order valence-corrected chi connectivity index (χ4v) is 3.41. The van der Waals surface area contributed by atoms with Gasteiger partial charge in [0.2, 0.25) is 0 Å². The van der Waals surface area contributed by atoms with Gasteiger partial charge in [0.15, 0.2) is 0 Å². The molecule has 2 fully saturated rings. The van der Waals surface area contributed by atoms with Gasteiger partial charge in [0, 0.05) is 38.3 Å². The summed E-state index contributed by atoms with van der Waals surface area (Å²) in [5, 5.41) is 3.38. The molecule has 0 spiro atoms. The monoisotopic (exact) mass is 318 g/mol. The number of nitrogens with one attached hydrogen (secondary N) is 1. The van der Waals surface area contributed by atoms with Gasteiger partial charge in [-0.05, 0) is 37.1 Å². The quantitative estimate of drug-likeness (QED) is 0.783. The predicted octanol–water partition coefficient (Wildman–Crippen LogP) is 3.21. The Kier molecular flexibility index (Phi) is 6.59. The van der Waals surface area contributed by atoms with Crippen LogP contribution in [0.25, 0.3) is 0 Å². The molecule has 23 heavy (non-hydrogen) atoms. The third-order valence-electron chi connectivity index (χ3n) is 4.78. The third-order valence-corrected chi connectivity index (χ3v) is 4.78. The van der Waals surface area contributed by atoms with E-state index in [0.29, 0.717) is 6.10 Å². The van der Waals surface area contributed by atoms with Crippen molar-refractivity contribution in [1.29, 1.82) is 0 Å². The van der Waals surface area contributed by atoms with E-state index in [2.05, 4.69) is 34.5 Å². The van der Waals surface area contributed by atoms with Gasteiger partial charge in [-0.1, -0.05) is 19.3 Å². The van der Waals surface area contributed by atoms with Crippen molar-refractivity contribution < 1.29 is 9.47 Å². The zero-order valence-electron chi connectivity index (χ0n) is 14.1. The molecule has 1 aliphatic carbocycles. The summed E-state index contributed by atoms with van der Waals surface area (Å²) in [7, 11) is 0. The van der Waals surface area contributed by atoms with Crippen molar-refractivity contribution in [2.24, 2.45) is 0 Å². The topological polar surface area (TPSA) is 33.7 Å². The molecule has 0 bridgehead atoms. The first kappa shape index (κ1) is 16.6. The van der Waals surface area contributed by atoms with Gasteiger partial charge < -0.3 is 19.7 Å². The van der Waals surface area contributed by atoms with E-state index in [-0.39, 0.29) is 0 Å². The van der Waals surface area contributed by atoms with E-state index in [0.717, 1.165) is 51.6 Å². The van der Waals surface area contributed by atoms with E-state index >= 15 is 0 Å². The van der Waals surface area contributed by atoms with Crippen LogP contribution in [0.4, 0.5) is 5.69 Å². The van der Waals surface area contributed by atoms with E-state index in [4.69, 9.17) is 9.47 Å². The maximum atomic E-state index is 5.93. The number of hydrogen-bond donors (Lipinski definition) is 1. The minimum atomic E-state index is 0.502. The van der Waals surface area contributed by atoms with Crippen molar-refractivity contribution in [3.8, 4) is 5.75 Å². The van der Waals surface area contributed by atoms with Crippen molar-refractivity contribution in [3.05, 3.63) is 24.3 Å². The minimum Gasteiger partial charge on any atom is -0.494 e. The number of nitrogens with zero attached hydrogens (tertiary/aromatic N) is 1. The van der Waals surface area contributed by atoms with Gasteiger partial charge in [0.05, 0.1) is 19.3 Å². The van der Waals surface area contributed by atoms with Gasteiger partial charge in [0.1, 0.15) is 5.75 Å². The lowest BCUT2D eigenvalue weighted by molar-refractivity contribution is 0.0226. The average Bonchev–Trinajstić information content (AvgIpc) is 2.64. The summed E-state index contributed by atoms with van der Waals surface area (Å²) in [6.07, 6.45) is 8.01. The van der Waals surface area contributed by atoms with Crippen LogP contribution in [0.2, 0.25) is 0 Å². The predicted molar refractivity (Wildman–Crippen MR) is 94.5 cm³/mol. The van der Waals surface area contributed by atoms with Crippen molar-refractivity contribution in [3.63, 3.8) is 0 Å². The van der Waals surface area contributed by atoms with E-state index in [1.807, 2.05) is 0 Å². The highest BCUT2D eigenvalue weighted by atomic mass is 16.5. The van der Waals surface area contributed by atoms with Gasteiger partial charge in [-0.2, -0.15) is 0 Å². The Morgan fingerprint density at radius 1 is 0.957 bits per heavy atom. The fraction of sp³-hybridized carbons (Fsp3) is 0.684. The van der Waals surface area contributed by atoms with Gasteiger partial charge in [-0.25, -0.2) is 0 Å². The first-order chi connectivity index (χ1) is 11.4. The van der Waals surface area contributed by atoms with Gasteiger partial charge in [-0.15, -0.1) is 0 Å². The highest BCUT2D eigenvalue weighted by Gasteiger charge is 2.13. The van der Waals surface area contributed by atoms with E-state index < -0.39 is 0 Å². The van der Waals surface area contributed by atoms with Gasteiger partial charge >= 0.3 is 0 Å². The van der Waals surface area contributed by atoms with E-state index in [9.17, 15) is 0 Å². The number of rotatable bonds is 7. The standard InChI is InChI=1S/C19H30N2O2/c1-2-5-18(6-3-1)22-15-4-16-23-19-9-7-17(8-10-19)21-13-11-20-12-14-21/h7-10,18,20H,1-6,11-16H2. The zero-order valence-corrected chi connectivity index (χ0v) is 14.1. The van der Waals surface area contributed by atoms with Crippen LogP contribution in [0.3, 0.4) is 0 Å². The summed E-state index contributed by atoms with van der Waals surface area (Å²) >= 11 is 0. The molecule has 1 aliphatic heterocycles. The van der Waals surface area contributed by atoms with Crippen molar-refractivity contribution in [1.82, 2.24) is 5.32 Å². The molecule has 128 valence electrons. The summed E-state index contributed by atoms with van der Waals surface area (Å²) in [6.45, 7) is 5.86. The summed E-state index contributed by atoms with van der Waals surface area (Å²) in [6, 6.07) is 8.50. The third kappa shape index (κ3) is 5.40. The number of hydrogen-bond acceptors (Lipinski definition) is 4. The number of piperazine rings is 1. The van der Waals surface area contributed by atoms with Crippen LogP contribution in [-0.4, -0.2) is 45.5 Å². The largest absolute Gasteiger partial charge is 0.494 e. The minimum absolute atomic E-state index is 0.502. The fourth-order valence-electron chi connectivity index (χ4n) is 3.41. The van der Waals surface area contributed by atoms with Crippen LogP contribution < -0.4 is 15.0 Å². The normalized spacial score (nSPS) is 19.7. The van der Waals surface area contributed by atoms with Gasteiger partial charge in [-0.3, -0.25) is 0 Å². The average molecular weight is 318 g/mol. The van der Waals surface area contributed by atoms with Gasteiger partial charge in [0.25, 0.3) is 0 Å². The molecular formula is C19H30N2O2. The summed E-state index contributed by atoms with van der Waals surface area (Å²) in [4.78, 5) is 2.41.